The van der Waals surface area contributed by atoms with Crippen molar-refractivity contribution in [3.63, 3.8) is 0 Å². The minimum absolute atomic E-state index is 0.399. The minimum atomic E-state index is 0.399. The molecule has 1 heterocycles. The number of hydrogen-bond donors (Lipinski definition) is 0. The Morgan fingerprint density at radius 2 is 1.71 bits per heavy atom. The molecule has 0 N–H and O–H groups in total. The zero-order valence-electron chi connectivity index (χ0n) is 8.95. The zero-order valence-corrected chi connectivity index (χ0v) is 8.95. The summed E-state index contributed by atoms with van der Waals surface area (Å²) in [6.45, 7) is 3.95. The lowest BCUT2D eigenvalue weighted by atomic mass is 9.77. The van der Waals surface area contributed by atoms with E-state index in [9.17, 15) is 0 Å². The van der Waals surface area contributed by atoms with Gasteiger partial charge in [0.25, 0.3) is 0 Å². The lowest BCUT2D eigenvalue weighted by molar-refractivity contribution is 0.0137. The Bertz CT molecular complexity index is 171. The second-order valence-corrected chi connectivity index (χ2v) is 4.52. The molecule has 0 unspecified atom stereocenters. The molecular weight excluding hydrogens is 173 g/mol. The van der Waals surface area contributed by atoms with Gasteiger partial charge in [0, 0.05) is 19.1 Å². The van der Waals surface area contributed by atoms with Gasteiger partial charge in [0.2, 0.25) is 0 Å². The average Bonchev–Trinajstić information content (AvgIpc) is 2.44. The molecule has 0 amide bonds. The molecule has 2 radical (unpaired) electrons. The van der Waals surface area contributed by atoms with Crippen LogP contribution >= 0.6 is 0 Å². The van der Waals surface area contributed by atoms with E-state index >= 15 is 0 Å². The van der Waals surface area contributed by atoms with E-state index in [1.807, 2.05) is 0 Å². The van der Waals surface area contributed by atoms with Crippen LogP contribution in [0.4, 0.5) is 0 Å². The van der Waals surface area contributed by atoms with Gasteiger partial charge in [-0.15, -0.1) is 0 Å². The highest BCUT2D eigenvalue weighted by Gasteiger charge is 2.26. The maximum absolute atomic E-state index is 6.23. The van der Waals surface area contributed by atoms with Gasteiger partial charge >= 0.3 is 0 Å². The van der Waals surface area contributed by atoms with Gasteiger partial charge in [-0.1, -0.05) is 31.5 Å². The Balaban J connectivity index is 1.91. The maximum Gasteiger partial charge on any atom is 0.0720 e. The highest BCUT2D eigenvalue weighted by Crippen LogP contribution is 2.29. The van der Waals surface area contributed by atoms with Crippen molar-refractivity contribution in [3.05, 3.63) is 0 Å². The van der Waals surface area contributed by atoms with E-state index in [1.165, 1.54) is 32.1 Å². The highest BCUT2D eigenvalue weighted by atomic mass is 16.5. The summed E-state index contributed by atoms with van der Waals surface area (Å²) < 4.78 is 5.37. The number of ether oxygens (including phenoxy) is 1. The Morgan fingerprint density at radius 1 is 1.00 bits per heavy atom. The Hall–Kier alpha value is -0.0151. The van der Waals surface area contributed by atoms with Gasteiger partial charge in [-0.25, -0.2) is 0 Å². The van der Waals surface area contributed by atoms with Crippen LogP contribution in [0.15, 0.2) is 0 Å². The number of hydrogen-bond acceptors (Lipinski definition) is 2. The molecule has 1 aliphatic heterocycles. The molecule has 78 valence electrons. The van der Waals surface area contributed by atoms with Crippen LogP contribution in [-0.4, -0.2) is 45.1 Å². The van der Waals surface area contributed by atoms with E-state index in [4.69, 9.17) is 12.6 Å². The van der Waals surface area contributed by atoms with Gasteiger partial charge in [0.15, 0.2) is 0 Å². The van der Waals surface area contributed by atoms with Crippen molar-refractivity contribution in [2.24, 2.45) is 0 Å². The highest BCUT2D eigenvalue weighted by molar-refractivity contribution is 6.12. The third-order valence-corrected chi connectivity index (χ3v) is 3.55. The van der Waals surface area contributed by atoms with Gasteiger partial charge in [-0.05, 0) is 6.42 Å². The van der Waals surface area contributed by atoms with Crippen LogP contribution in [0.1, 0.15) is 32.1 Å². The first-order valence-corrected chi connectivity index (χ1v) is 5.95. The van der Waals surface area contributed by atoms with Crippen LogP contribution in [0.2, 0.25) is 5.82 Å². The monoisotopic (exact) mass is 193 g/mol. The molecule has 2 fully saturated rings. The largest absolute Gasteiger partial charge is 0.379 e. The summed E-state index contributed by atoms with van der Waals surface area (Å²) in [4.78, 5) is 2.54. The molecule has 0 aromatic heterocycles. The standard InChI is InChI=1S/C11H20BNO/c12-10-4-2-1-3-5-11(10)13-6-8-14-9-7-13/h10-11H,1-9H2/t10-,11-/m1/s1. The third-order valence-electron chi connectivity index (χ3n) is 3.55. The maximum atomic E-state index is 6.23. The van der Waals surface area contributed by atoms with Crippen LogP contribution in [0.5, 0.6) is 0 Å². The van der Waals surface area contributed by atoms with Crippen LogP contribution in [-0.2, 0) is 4.74 Å². The fourth-order valence-electron chi connectivity index (χ4n) is 2.68. The van der Waals surface area contributed by atoms with Gasteiger partial charge in [-0.2, -0.15) is 0 Å². The first-order chi connectivity index (χ1) is 6.88. The van der Waals surface area contributed by atoms with Gasteiger partial charge in [-0.3, -0.25) is 4.90 Å². The van der Waals surface area contributed by atoms with Crippen molar-refractivity contribution in [2.45, 2.75) is 44.0 Å². The summed E-state index contributed by atoms with van der Waals surface area (Å²) in [5.41, 5.74) is 0. The lowest BCUT2D eigenvalue weighted by Gasteiger charge is -2.37. The van der Waals surface area contributed by atoms with E-state index in [2.05, 4.69) is 4.90 Å². The topological polar surface area (TPSA) is 12.5 Å². The molecular formula is C11H20BNO. The van der Waals surface area contributed by atoms with Crippen molar-refractivity contribution in [3.8, 4) is 0 Å². The minimum Gasteiger partial charge on any atom is -0.379 e. The van der Waals surface area contributed by atoms with Crippen molar-refractivity contribution in [1.29, 1.82) is 0 Å². The van der Waals surface area contributed by atoms with Gasteiger partial charge in [0.1, 0.15) is 0 Å². The lowest BCUT2D eigenvalue weighted by Crippen LogP contribution is -2.45. The summed E-state index contributed by atoms with van der Waals surface area (Å²) in [6, 6.07) is 0.626. The first-order valence-electron chi connectivity index (χ1n) is 5.95. The molecule has 0 aromatic carbocycles. The molecule has 2 atom stereocenters. The Labute approximate surface area is 88.4 Å². The zero-order chi connectivity index (χ0) is 9.80. The normalized spacial score (nSPS) is 36.6. The first kappa shape index (κ1) is 10.5. The smallest absolute Gasteiger partial charge is 0.0720 e. The summed E-state index contributed by atoms with van der Waals surface area (Å²) >= 11 is 0. The van der Waals surface area contributed by atoms with Crippen LogP contribution in [0, 0.1) is 0 Å². The van der Waals surface area contributed by atoms with Crippen molar-refractivity contribution >= 4 is 7.85 Å². The Morgan fingerprint density at radius 3 is 2.50 bits per heavy atom. The molecule has 0 bridgehead atoms. The summed E-state index contributed by atoms with van der Waals surface area (Å²) in [6.07, 6.45) is 6.55. The molecule has 1 saturated heterocycles. The fraction of sp³-hybridized carbons (Fsp3) is 1.00. The number of morpholine rings is 1. The molecule has 2 rings (SSSR count). The second kappa shape index (κ2) is 5.17. The molecule has 1 saturated carbocycles. The average molecular weight is 193 g/mol. The van der Waals surface area contributed by atoms with E-state index in [0.29, 0.717) is 11.9 Å². The fourth-order valence-corrected chi connectivity index (χ4v) is 2.68. The summed E-state index contributed by atoms with van der Waals surface area (Å²) in [7, 11) is 6.23. The second-order valence-electron chi connectivity index (χ2n) is 4.52. The predicted octanol–water partition coefficient (Wildman–Crippen LogP) is 1.61. The van der Waals surface area contributed by atoms with Crippen LogP contribution in [0.25, 0.3) is 0 Å². The quantitative estimate of drug-likeness (QED) is 0.463. The van der Waals surface area contributed by atoms with Gasteiger partial charge < -0.3 is 4.74 Å². The van der Waals surface area contributed by atoms with Gasteiger partial charge in [0.05, 0.1) is 21.1 Å². The third kappa shape index (κ3) is 2.51. The van der Waals surface area contributed by atoms with E-state index < -0.39 is 0 Å². The summed E-state index contributed by atoms with van der Waals surface area (Å²) in [5.74, 6) is 0.399. The summed E-state index contributed by atoms with van der Waals surface area (Å²) in [5, 5.41) is 0. The van der Waals surface area contributed by atoms with E-state index in [0.717, 1.165) is 26.3 Å². The molecule has 14 heavy (non-hydrogen) atoms. The van der Waals surface area contributed by atoms with Crippen LogP contribution in [0.3, 0.4) is 0 Å². The molecule has 2 nitrogen and oxygen atoms in total. The SMILES string of the molecule is [B][C@@H]1CCCCC[C@H]1N1CCOCC1. The van der Waals surface area contributed by atoms with E-state index in [1.54, 1.807) is 0 Å². The molecule has 0 spiro atoms. The van der Waals surface area contributed by atoms with Crippen molar-refractivity contribution in [2.75, 3.05) is 26.3 Å². The number of rotatable bonds is 1. The Kier molecular flexibility index (Phi) is 3.88. The van der Waals surface area contributed by atoms with E-state index in [-0.39, 0.29) is 0 Å². The molecule has 2 aliphatic rings. The number of nitrogens with zero attached hydrogens (tertiary/aromatic N) is 1. The van der Waals surface area contributed by atoms with Crippen LogP contribution < -0.4 is 0 Å². The predicted molar refractivity (Wildman–Crippen MR) is 58.8 cm³/mol. The molecule has 3 heteroatoms. The molecule has 0 aromatic rings. The van der Waals surface area contributed by atoms with Crippen molar-refractivity contribution < 1.29 is 4.74 Å². The van der Waals surface area contributed by atoms with Crippen molar-refractivity contribution in [1.82, 2.24) is 4.90 Å². The molecule has 1 aliphatic carbocycles.